The van der Waals surface area contributed by atoms with Gasteiger partial charge in [0.15, 0.2) is 14.5 Å². The van der Waals surface area contributed by atoms with Crippen molar-refractivity contribution in [3.05, 3.63) is 154 Å². The van der Waals surface area contributed by atoms with E-state index in [-0.39, 0.29) is 31.0 Å². The molecule has 12 heteroatoms. The summed E-state index contributed by atoms with van der Waals surface area (Å²) in [6.07, 6.45) is 6.54. The van der Waals surface area contributed by atoms with E-state index in [0.717, 1.165) is 53.9 Å². The molecule has 346 valence electrons. The lowest BCUT2D eigenvalue weighted by Crippen LogP contribution is -2.64. The average Bonchev–Trinajstić information content (AvgIpc) is 3.33. The molecule has 0 radical (unpaired) electrons. The molecule has 5 aromatic rings. The second-order valence-corrected chi connectivity index (χ2v) is 24.2. The minimum absolute atomic E-state index is 0.117. The van der Waals surface area contributed by atoms with Crippen molar-refractivity contribution in [2.24, 2.45) is 0 Å². The largest absolute Gasteiger partial charge is 0.497 e. The highest BCUT2D eigenvalue weighted by Crippen LogP contribution is 2.46. The standard InChI is InChI=1S/C53H68N4O7Si/c1-38(2)65(39(3)4,40(5)6)63-37-52(36-62-53(42-20-14-10-15-21-42,43-24-28-46(60-7)29-25-43)44-26-30-47(61-8)31-27-44)35-56(45-22-16-11-17-23-45)34-49(64-52)57-33-32-48(55-51(57)59)54-50(58)41-18-12-9-13-19-41/h9-10,12-15,18-21,24-33,38-40,45,49H,11,16-17,22-23,34-37H2,1-8H3,(H,54,55,58,59)/t49-,52+/m1/s1. The Morgan fingerprint density at radius 3 is 1.82 bits per heavy atom. The van der Waals surface area contributed by atoms with Crippen LogP contribution in [0.4, 0.5) is 5.82 Å². The Balaban J connectivity index is 1.37. The number of hydrogen-bond acceptors (Lipinski definition) is 9. The van der Waals surface area contributed by atoms with Crippen LogP contribution in [-0.4, -0.2) is 80.8 Å². The fraction of sp³-hybridized carbons (Fsp3) is 0.453. The Kier molecular flexibility index (Phi) is 15.5. The molecule has 4 aromatic carbocycles. The van der Waals surface area contributed by atoms with Gasteiger partial charge in [-0.2, -0.15) is 4.98 Å². The quantitative estimate of drug-likeness (QED) is 0.0678. The summed E-state index contributed by atoms with van der Waals surface area (Å²) < 4.78 is 35.7. The van der Waals surface area contributed by atoms with E-state index in [4.69, 9.17) is 23.4 Å². The third kappa shape index (κ3) is 10.3. The summed E-state index contributed by atoms with van der Waals surface area (Å²) in [5.74, 6) is 1.30. The smallest absolute Gasteiger partial charge is 0.351 e. The Morgan fingerprint density at radius 2 is 1.29 bits per heavy atom. The molecule has 1 aliphatic heterocycles. The lowest BCUT2D eigenvalue weighted by atomic mass is 9.79. The molecule has 0 spiro atoms. The summed E-state index contributed by atoms with van der Waals surface area (Å²) >= 11 is 0. The lowest BCUT2D eigenvalue weighted by Gasteiger charge is -2.52. The zero-order valence-electron chi connectivity index (χ0n) is 39.5. The van der Waals surface area contributed by atoms with E-state index in [0.29, 0.717) is 35.3 Å². The van der Waals surface area contributed by atoms with Crippen LogP contribution in [0.2, 0.25) is 16.6 Å². The number of carbonyl (C=O) groups is 1. The Labute approximate surface area is 386 Å². The summed E-state index contributed by atoms with van der Waals surface area (Å²) in [4.78, 5) is 34.3. The molecule has 2 heterocycles. The summed E-state index contributed by atoms with van der Waals surface area (Å²) in [7, 11) is 0.863. The van der Waals surface area contributed by atoms with Gasteiger partial charge in [0, 0.05) is 30.9 Å². The van der Waals surface area contributed by atoms with Gasteiger partial charge in [-0.05, 0) is 88.6 Å². The van der Waals surface area contributed by atoms with Gasteiger partial charge in [0.2, 0.25) is 0 Å². The number of anilines is 1. The van der Waals surface area contributed by atoms with E-state index in [1.54, 1.807) is 55.3 Å². The highest BCUT2D eigenvalue weighted by Gasteiger charge is 2.52. The Hall–Kier alpha value is -5.11. The zero-order chi connectivity index (χ0) is 46.2. The van der Waals surface area contributed by atoms with Gasteiger partial charge in [-0.1, -0.05) is 134 Å². The summed E-state index contributed by atoms with van der Waals surface area (Å²) in [5.41, 5.74) is 1.48. The zero-order valence-corrected chi connectivity index (χ0v) is 40.5. The minimum atomic E-state index is -2.47. The molecule has 1 saturated heterocycles. The van der Waals surface area contributed by atoms with Crippen molar-refractivity contribution in [2.45, 2.75) is 114 Å². The number of ether oxygens (including phenoxy) is 4. The Bertz CT molecular complexity index is 2280. The molecule has 65 heavy (non-hydrogen) atoms. The summed E-state index contributed by atoms with van der Waals surface area (Å²) in [6, 6.07) is 37.3. The number of morpholine rings is 1. The van der Waals surface area contributed by atoms with Crippen LogP contribution in [0.3, 0.4) is 0 Å². The highest BCUT2D eigenvalue weighted by atomic mass is 28.4. The number of carbonyl (C=O) groups excluding carboxylic acids is 1. The number of aromatic nitrogens is 2. The maximum Gasteiger partial charge on any atom is 0.351 e. The van der Waals surface area contributed by atoms with Gasteiger partial charge in [-0.3, -0.25) is 14.3 Å². The topological polar surface area (TPSA) is 113 Å². The fourth-order valence-electron chi connectivity index (χ4n) is 10.6. The lowest BCUT2D eigenvalue weighted by molar-refractivity contribution is -0.234. The normalized spacial score (nSPS) is 18.8. The van der Waals surface area contributed by atoms with Gasteiger partial charge >= 0.3 is 5.69 Å². The molecule has 1 N–H and O–H groups in total. The first-order valence-electron chi connectivity index (χ1n) is 23.3. The number of methoxy groups -OCH3 is 2. The molecule has 0 unspecified atom stereocenters. The van der Waals surface area contributed by atoms with Crippen molar-refractivity contribution in [3.63, 3.8) is 0 Å². The average molecular weight is 901 g/mol. The molecule has 1 amide bonds. The van der Waals surface area contributed by atoms with E-state index in [1.807, 2.05) is 48.5 Å². The number of rotatable bonds is 18. The molecule has 1 aromatic heterocycles. The summed E-state index contributed by atoms with van der Waals surface area (Å²) in [5, 5.41) is 2.81. The first-order chi connectivity index (χ1) is 31.3. The van der Waals surface area contributed by atoms with Crippen LogP contribution in [0.1, 0.15) is 107 Å². The number of hydrogen-bond donors (Lipinski definition) is 1. The number of benzene rings is 4. The fourth-order valence-corrected chi connectivity index (χ4v) is 16.1. The molecular formula is C53H68N4O7Si. The predicted octanol–water partition coefficient (Wildman–Crippen LogP) is 10.6. The number of nitrogens with one attached hydrogen (secondary N) is 1. The molecule has 2 aliphatic rings. The third-order valence-corrected chi connectivity index (χ3v) is 19.9. The first-order valence-corrected chi connectivity index (χ1v) is 25.5. The number of nitrogens with zero attached hydrogens (tertiary/aromatic N) is 3. The van der Waals surface area contributed by atoms with Crippen LogP contribution in [-0.2, 0) is 19.5 Å². The third-order valence-electron chi connectivity index (χ3n) is 13.8. The van der Waals surface area contributed by atoms with Crippen molar-refractivity contribution >= 4 is 20.0 Å². The van der Waals surface area contributed by atoms with Crippen molar-refractivity contribution in [1.82, 2.24) is 14.5 Å². The molecule has 1 saturated carbocycles. The molecular weight excluding hydrogens is 833 g/mol. The van der Waals surface area contributed by atoms with Crippen LogP contribution in [0, 0.1) is 0 Å². The van der Waals surface area contributed by atoms with Crippen molar-refractivity contribution < 1.29 is 28.2 Å². The molecule has 2 fully saturated rings. The van der Waals surface area contributed by atoms with E-state index in [2.05, 4.69) is 93.1 Å². The molecule has 2 atom stereocenters. The maximum atomic E-state index is 14.2. The van der Waals surface area contributed by atoms with Gasteiger partial charge < -0.3 is 28.7 Å². The minimum Gasteiger partial charge on any atom is -0.497 e. The first kappa shape index (κ1) is 47.8. The summed E-state index contributed by atoms with van der Waals surface area (Å²) in [6.45, 7) is 15.2. The molecule has 0 bridgehead atoms. The van der Waals surface area contributed by atoms with Crippen molar-refractivity contribution in [3.8, 4) is 11.5 Å². The molecule has 7 rings (SSSR count). The monoisotopic (exact) mass is 900 g/mol. The van der Waals surface area contributed by atoms with Gasteiger partial charge in [0.25, 0.3) is 5.91 Å². The van der Waals surface area contributed by atoms with E-state index < -0.39 is 31.4 Å². The number of amides is 1. The molecule has 11 nitrogen and oxygen atoms in total. The van der Waals surface area contributed by atoms with Gasteiger partial charge in [-0.15, -0.1) is 0 Å². The van der Waals surface area contributed by atoms with Gasteiger partial charge in [0.1, 0.15) is 28.5 Å². The van der Waals surface area contributed by atoms with E-state index in [1.165, 1.54) is 6.42 Å². The highest BCUT2D eigenvalue weighted by molar-refractivity contribution is 6.77. The van der Waals surface area contributed by atoms with Crippen molar-refractivity contribution in [2.75, 3.05) is 45.8 Å². The van der Waals surface area contributed by atoms with Crippen LogP contribution in [0.5, 0.6) is 11.5 Å². The second-order valence-electron chi connectivity index (χ2n) is 18.7. The van der Waals surface area contributed by atoms with Gasteiger partial charge in [-0.25, -0.2) is 4.79 Å². The van der Waals surface area contributed by atoms with Crippen LogP contribution >= 0.6 is 0 Å². The van der Waals surface area contributed by atoms with Crippen LogP contribution in [0.15, 0.2) is 126 Å². The second kappa shape index (κ2) is 21.0. The van der Waals surface area contributed by atoms with E-state index >= 15 is 0 Å². The van der Waals surface area contributed by atoms with Crippen molar-refractivity contribution in [1.29, 1.82) is 0 Å². The van der Waals surface area contributed by atoms with Crippen LogP contribution in [0.25, 0.3) is 0 Å². The van der Waals surface area contributed by atoms with Gasteiger partial charge in [0.05, 0.1) is 27.4 Å². The maximum absolute atomic E-state index is 14.2. The predicted molar refractivity (Wildman–Crippen MR) is 259 cm³/mol. The van der Waals surface area contributed by atoms with Crippen LogP contribution < -0.4 is 20.5 Å². The van der Waals surface area contributed by atoms with E-state index in [9.17, 15) is 9.59 Å². The molecule has 1 aliphatic carbocycles. The Morgan fingerprint density at radius 1 is 0.754 bits per heavy atom. The SMILES string of the molecule is COc1ccc(C(OC[C@]2(CO[Si](C(C)C)(C(C)C)C(C)C)CN(C3CCCCC3)C[C@H](n3ccc(NC(=O)c4ccccc4)nc3=O)O2)(c2ccccc2)c2ccc(OC)cc2)cc1.